The van der Waals surface area contributed by atoms with Crippen LogP contribution in [0.1, 0.15) is 42.1 Å². The van der Waals surface area contributed by atoms with Gasteiger partial charge in [-0.15, -0.1) is 0 Å². The lowest BCUT2D eigenvalue weighted by molar-refractivity contribution is -0.605. The van der Waals surface area contributed by atoms with Crippen molar-refractivity contribution >= 4 is 5.91 Å². The highest BCUT2D eigenvalue weighted by atomic mass is 16.5. The van der Waals surface area contributed by atoms with Gasteiger partial charge in [0.1, 0.15) is 11.3 Å². The number of aromatic nitrogens is 1. The fourth-order valence-electron chi connectivity index (χ4n) is 2.97. The van der Waals surface area contributed by atoms with Crippen LogP contribution in [-0.2, 0) is 6.54 Å². The SMILES string of the molecule is CC(NCc1ccccc1OCCCNC(=O)c1ccc[n+]([O-])c1)C1CC1. The summed E-state index contributed by atoms with van der Waals surface area (Å²) in [4.78, 5) is 12.0. The zero-order valence-corrected chi connectivity index (χ0v) is 15.7. The van der Waals surface area contributed by atoms with E-state index in [2.05, 4.69) is 23.6 Å². The van der Waals surface area contributed by atoms with Gasteiger partial charge < -0.3 is 20.6 Å². The van der Waals surface area contributed by atoms with Gasteiger partial charge in [-0.1, -0.05) is 18.2 Å². The maximum absolute atomic E-state index is 12.0. The number of carbonyl (C=O) groups excluding carboxylic acids is 1. The first-order chi connectivity index (χ1) is 13.1. The summed E-state index contributed by atoms with van der Waals surface area (Å²) in [6, 6.07) is 11.8. The smallest absolute Gasteiger partial charge is 0.257 e. The van der Waals surface area contributed by atoms with Crippen LogP contribution in [0.3, 0.4) is 0 Å². The van der Waals surface area contributed by atoms with E-state index in [0.717, 1.165) is 23.8 Å². The summed E-state index contributed by atoms with van der Waals surface area (Å²) in [7, 11) is 0. The largest absolute Gasteiger partial charge is 0.619 e. The second-order valence-corrected chi connectivity index (χ2v) is 7.03. The van der Waals surface area contributed by atoms with E-state index in [-0.39, 0.29) is 5.91 Å². The van der Waals surface area contributed by atoms with E-state index in [1.165, 1.54) is 25.2 Å². The van der Waals surface area contributed by atoms with Crippen molar-refractivity contribution in [1.82, 2.24) is 10.6 Å². The summed E-state index contributed by atoms with van der Waals surface area (Å²) in [5.74, 6) is 1.45. The topological polar surface area (TPSA) is 77.3 Å². The predicted molar refractivity (Wildman–Crippen MR) is 103 cm³/mol. The second kappa shape index (κ2) is 9.37. The van der Waals surface area contributed by atoms with E-state index in [1.807, 2.05) is 18.2 Å². The Balaban J connectivity index is 1.39. The van der Waals surface area contributed by atoms with Gasteiger partial charge in [-0.2, -0.15) is 4.73 Å². The third kappa shape index (κ3) is 5.96. The molecule has 1 unspecified atom stereocenters. The molecule has 3 rings (SSSR count). The van der Waals surface area contributed by atoms with Crippen LogP contribution in [0.15, 0.2) is 48.8 Å². The number of hydrogen-bond acceptors (Lipinski definition) is 4. The van der Waals surface area contributed by atoms with Crippen LogP contribution in [0.5, 0.6) is 5.75 Å². The zero-order valence-electron chi connectivity index (χ0n) is 15.7. The van der Waals surface area contributed by atoms with Gasteiger partial charge in [-0.05, 0) is 44.2 Å². The van der Waals surface area contributed by atoms with E-state index in [4.69, 9.17) is 4.74 Å². The van der Waals surface area contributed by atoms with Gasteiger partial charge in [-0.25, -0.2) is 0 Å². The van der Waals surface area contributed by atoms with Crippen molar-refractivity contribution in [3.8, 4) is 5.75 Å². The molecule has 0 radical (unpaired) electrons. The minimum atomic E-state index is -0.251. The average Bonchev–Trinajstić information content (AvgIpc) is 3.52. The van der Waals surface area contributed by atoms with Crippen LogP contribution in [0, 0.1) is 11.1 Å². The van der Waals surface area contributed by atoms with Crippen LogP contribution in [-0.4, -0.2) is 25.1 Å². The highest BCUT2D eigenvalue weighted by molar-refractivity contribution is 5.93. The number of carbonyl (C=O) groups is 1. The molecule has 1 aromatic carbocycles. The molecular weight excluding hydrogens is 342 g/mol. The molecule has 6 heteroatoms. The third-order valence-electron chi connectivity index (χ3n) is 4.82. The molecule has 1 amide bonds. The van der Waals surface area contributed by atoms with Gasteiger partial charge in [0.05, 0.1) is 6.61 Å². The van der Waals surface area contributed by atoms with E-state index in [9.17, 15) is 10.0 Å². The zero-order chi connectivity index (χ0) is 19.1. The summed E-state index contributed by atoms with van der Waals surface area (Å²) in [5.41, 5.74) is 1.51. The van der Waals surface area contributed by atoms with Gasteiger partial charge in [0.25, 0.3) is 5.91 Å². The monoisotopic (exact) mass is 369 g/mol. The lowest BCUT2D eigenvalue weighted by Crippen LogP contribution is -2.30. The first-order valence-electron chi connectivity index (χ1n) is 9.54. The second-order valence-electron chi connectivity index (χ2n) is 7.03. The van der Waals surface area contributed by atoms with Crippen LogP contribution in [0.2, 0.25) is 0 Å². The molecule has 0 spiro atoms. The highest BCUT2D eigenvalue weighted by Crippen LogP contribution is 2.32. The molecule has 2 aromatic rings. The summed E-state index contributed by atoms with van der Waals surface area (Å²) >= 11 is 0. The first-order valence-corrected chi connectivity index (χ1v) is 9.54. The maximum atomic E-state index is 12.0. The molecule has 1 atom stereocenters. The first kappa shape index (κ1) is 19.2. The average molecular weight is 369 g/mol. The molecule has 2 N–H and O–H groups in total. The molecule has 27 heavy (non-hydrogen) atoms. The molecule has 0 aliphatic heterocycles. The predicted octanol–water partition coefficient (Wildman–Crippen LogP) is 2.41. The maximum Gasteiger partial charge on any atom is 0.257 e. The van der Waals surface area contributed by atoms with Gasteiger partial charge in [0.15, 0.2) is 12.4 Å². The molecule has 1 saturated carbocycles. The van der Waals surface area contributed by atoms with Gasteiger partial charge in [0.2, 0.25) is 0 Å². The molecular formula is C21H27N3O3. The Labute approximate surface area is 160 Å². The van der Waals surface area contributed by atoms with Crippen LogP contribution in [0.4, 0.5) is 0 Å². The standard InChI is InChI=1S/C21H27N3O3/c1-16(17-9-10-17)23-14-18-6-2-3-8-20(18)27-13-5-11-22-21(25)19-7-4-12-24(26)15-19/h2-4,6-8,12,15-17,23H,5,9-11,13-14H2,1H3,(H,22,25). The Morgan fingerprint density at radius 1 is 1.30 bits per heavy atom. The Hall–Kier alpha value is -2.60. The number of rotatable bonds is 10. The van der Waals surface area contributed by atoms with Crippen molar-refractivity contribution in [3.05, 3.63) is 65.1 Å². The number of ether oxygens (including phenoxy) is 1. The van der Waals surface area contributed by atoms with E-state index >= 15 is 0 Å². The molecule has 6 nitrogen and oxygen atoms in total. The molecule has 0 saturated heterocycles. The minimum Gasteiger partial charge on any atom is -0.619 e. The van der Waals surface area contributed by atoms with Crippen molar-refractivity contribution < 1.29 is 14.3 Å². The highest BCUT2D eigenvalue weighted by Gasteiger charge is 2.27. The van der Waals surface area contributed by atoms with Crippen molar-refractivity contribution in [2.75, 3.05) is 13.2 Å². The lowest BCUT2D eigenvalue weighted by Gasteiger charge is -2.16. The Kier molecular flexibility index (Phi) is 6.65. The summed E-state index contributed by atoms with van der Waals surface area (Å²) in [5, 5.41) is 17.6. The van der Waals surface area contributed by atoms with Crippen molar-refractivity contribution in [3.63, 3.8) is 0 Å². The fourth-order valence-corrected chi connectivity index (χ4v) is 2.97. The number of hydrogen-bond donors (Lipinski definition) is 2. The van der Waals surface area contributed by atoms with E-state index in [1.54, 1.807) is 12.1 Å². The number of nitrogens with one attached hydrogen (secondary N) is 2. The molecule has 1 heterocycles. The summed E-state index contributed by atoms with van der Waals surface area (Å²) in [6.45, 7) is 4.05. The van der Waals surface area contributed by atoms with E-state index < -0.39 is 0 Å². The van der Waals surface area contributed by atoms with Crippen molar-refractivity contribution in [2.24, 2.45) is 5.92 Å². The van der Waals surface area contributed by atoms with Gasteiger partial charge in [-0.3, -0.25) is 4.79 Å². The van der Waals surface area contributed by atoms with Gasteiger partial charge in [0, 0.05) is 30.8 Å². The normalized spacial score (nSPS) is 14.6. The van der Waals surface area contributed by atoms with Crippen LogP contribution >= 0.6 is 0 Å². The van der Waals surface area contributed by atoms with Crippen molar-refractivity contribution in [2.45, 2.75) is 38.8 Å². The Morgan fingerprint density at radius 2 is 2.11 bits per heavy atom. The lowest BCUT2D eigenvalue weighted by atomic mass is 10.1. The molecule has 0 bridgehead atoms. The minimum absolute atomic E-state index is 0.251. The number of nitrogens with zero attached hydrogens (tertiary/aromatic N) is 1. The van der Waals surface area contributed by atoms with Crippen LogP contribution in [0.25, 0.3) is 0 Å². The number of amides is 1. The third-order valence-corrected chi connectivity index (χ3v) is 4.82. The number of para-hydroxylation sites is 1. The number of pyridine rings is 1. The molecule has 1 aliphatic carbocycles. The number of benzene rings is 1. The van der Waals surface area contributed by atoms with Crippen molar-refractivity contribution in [1.29, 1.82) is 0 Å². The van der Waals surface area contributed by atoms with Gasteiger partial charge >= 0.3 is 0 Å². The van der Waals surface area contributed by atoms with Crippen LogP contribution < -0.4 is 20.1 Å². The van der Waals surface area contributed by atoms with E-state index in [0.29, 0.717) is 35.9 Å². The summed E-state index contributed by atoms with van der Waals surface area (Å²) < 4.78 is 6.52. The molecule has 1 fully saturated rings. The fraction of sp³-hybridized carbons (Fsp3) is 0.429. The quantitative estimate of drug-likeness (QED) is 0.383. The molecule has 144 valence electrons. The Morgan fingerprint density at radius 3 is 2.89 bits per heavy atom. The molecule has 1 aromatic heterocycles. The molecule has 1 aliphatic rings. The summed E-state index contributed by atoms with van der Waals surface area (Å²) in [6.07, 6.45) is 5.96. The Bertz CT molecular complexity index is 762.